The van der Waals surface area contributed by atoms with Crippen molar-refractivity contribution in [3.63, 3.8) is 0 Å². The third kappa shape index (κ3) is 7.47. The highest BCUT2D eigenvalue weighted by atomic mass is 32.2. The smallest absolute Gasteiger partial charge is 0.261 e. The lowest BCUT2D eigenvalue weighted by Gasteiger charge is -2.45. The molecule has 196 valence electrons. The number of allylic oxidation sites excluding steroid dienone is 1. The van der Waals surface area contributed by atoms with Crippen LogP contribution < -0.4 is 10.4 Å². The van der Waals surface area contributed by atoms with Crippen LogP contribution in [0.25, 0.3) is 0 Å². The van der Waals surface area contributed by atoms with Gasteiger partial charge < -0.3 is 4.43 Å². The van der Waals surface area contributed by atoms with Gasteiger partial charge in [-0.3, -0.25) is 0 Å². The maximum absolute atomic E-state index is 12.5. The second-order valence-electron chi connectivity index (χ2n) is 11.6. The van der Waals surface area contributed by atoms with Gasteiger partial charge in [0.05, 0.1) is 10.9 Å². The van der Waals surface area contributed by atoms with E-state index in [1.54, 1.807) is 0 Å². The summed E-state index contributed by atoms with van der Waals surface area (Å²) in [7, 11) is -3.97. The topological polar surface area (TPSA) is 38.7 Å². The van der Waals surface area contributed by atoms with E-state index >= 15 is 0 Å². The van der Waals surface area contributed by atoms with Gasteiger partial charge in [-0.15, -0.1) is 13.2 Å². The normalized spacial score (nSPS) is 16.3. The maximum Gasteiger partial charge on any atom is 0.261 e. The molecule has 2 aromatic rings. The molecular formula is C31H45NO2SSi. The molecule has 0 bridgehead atoms. The monoisotopic (exact) mass is 523 g/mol. The van der Waals surface area contributed by atoms with E-state index in [1.807, 2.05) is 39.1 Å². The zero-order chi connectivity index (χ0) is 27.0. The fraction of sp³-hybridized carbons (Fsp3) is 0.452. The minimum Gasteiger partial charge on any atom is -0.401 e. The van der Waals surface area contributed by atoms with Crippen molar-refractivity contribution in [3.05, 3.63) is 86.0 Å². The lowest BCUT2D eigenvalue weighted by atomic mass is 9.87. The maximum atomic E-state index is 12.5. The van der Waals surface area contributed by atoms with Crippen LogP contribution >= 0.6 is 0 Å². The summed E-state index contributed by atoms with van der Waals surface area (Å²) >= 11 is 0. The molecule has 5 heteroatoms. The summed E-state index contributed by atoms with van der Waals surface area (Å²) in [6, 6.07) is 21.4. The molecule has 0 aliphatic heterocycles. The first-order chi connectivity index (χ1) is 16.9. The molecule has 0 saturated heterocycles. The Balaban J connectivity index is 2.45. The van der Waals surface area contributed by atoms with E-state index in [1.165, 1.54) is 10.4 Å². The number of hydrogen-bond donors (Lipinski definition) is 0. The average Bonchev–Trinajstić information content (AvgIpc) is 2.83. The predicted molar refractivity (Wildman–Crippen MR) is 161 cm³/mol. The SMILES string of the molecule is C=CC[C@@H](/C=N/[S@@](=O)C(C)(C)C)[C@H](C)C[C@@H](C=C)O[Si](c1ccccc1)(c1ccccc1)C(C)(C)C. The number of rotatable bonds is 12. The van der Waals surface area contributed by atoms with Crippen molar-refractivity contribution in [2.75, 3.05) is 0 Å². The minimum atomic E-state index is -2.69. The van der Waals surface area contributed by atoms with E-state index in [2.05, 4.69) is 106 Å². The van der Waals surface area contributed by atoms with E-state index in [-0.39, 0.29) is 27.7 Å². The highest BCUT2D eigenvalue weighted by Crippen LogP contribution is 2.38. The molecule has 0 unspecified atom stereocenters. The molecule has 0 heterocycles. The van der Waals surface area contributed by atoms with E-state index in [0.29, 0.717) is 0 Å². The Hall–Kier alpha value is -2.08. The molecule has 0 aliphatic rings. The van der Waals surface area contributed by atoms with Crippen LogP contribution in [0.1, 0.15) is 61.3 Å². The van der Waals surface area contributed by atoms with Crippen LogP contribution in [-0.2, 0) is 15.4 Å². The molecule has 4 atom stereocenters. The van der Waals surface area contributed by atoms with E-state index in [9.17, 15) is 4.21 Å². The van der Waals surface area contributed by atoms with Crippen molar-refractivity contribution in [1.29, 1.82) is 0 Å². The molecule has 3 nitrogen and oxygen atoms in total. The largest absolute Gasteiger partial charge is 0.401 e. The van der Waals surface area contributed by atoms with Crippen LogP contribution in [0.4, 0.5) is 0 Å². The highest BCUT2D eigenvalue weighted by Gasteiger charge is 2.51. The lowest BCUT2D eigenvalue weighted by molar-refractivity contribution is 0.192. The van der Waals surface area contributed by atoms with Gasteiger partial charge >= 0.3 is 0 Å². The first kappa shape index (κ1) is 30.1. The Morgan fingerprint density at radius 1 is 0.944 bits per heavy atom. The number of benzene rings is 2. The summed E-state index contributed by atoms with van der Waals surface area (Å²) in [5, 5.41) is 2.41. The Morgan fingerprint density at radius 2 is 1.44 bits per heavy atom. The predicted octanol–water partition coefficient (Wildman–Crippen LogP) is 6.87. The van der Waals surface area contributed by atoms with Crippen molar-refractivity contribution in [3.8, 4) is 0 Å². The first-order valence-corrected chi connectivity index (χ1v) is 15.9. The summed E-state index contributed by atoms with van der Waals surface area (Å²) in [5.74, 6) is 0.365. The summed E-state index contributed by atoms with van der Waals surface area (Å²) in [5.41, 5.74) is 0. The summed E-state index contributed by atoms with van der Waals surface area (Å²) < 4.78 is 23.9. The number of hydrogen-bond acceptors (Lipinski definition) is 2. The van der Waals surface area contributed by atoms with Crippen LogP contribution in [0.15, 0.2) is 90.4 Å². The standard InChI is InChI=1S/C31H45NO2SSi/c1-10-18-26(24-32-35(33)30(4,5)6)25(3)23-27(11-2)34-36(31(7,8)9,28-19-14-12-15-20-28)29-21-16-13-17-22-29/h10-17,19-22,24-27H,1-2,18,23H2,3-9H3/b32-24+/t25-,26+,27-,35+/m1/s1. The molecule has 0 spiro atoms. The van der Waals surface area contributed by atoms with Gasteiger partial charge in [0.1, 0.15) is 11.0 Å². The van der Waals surface area contributed by atoms with Gasteiger partial charge in [-0.1, -0.05) is 101 Å². The Morgan fingerprint density at radius 3 is 1.83 bits per heavy atom. The van der Waals surface area contributed by atoms with Gasteiger partial charge in [-0.05, 0) is 54.9 Å². The summed E-state index contributed by atoms with van der Waals surface area (Å²) in [4.78, 5) is 0. The zero-order valence-corrected chi connectivity index (χ0v) is 25.1. The summed E-state index contributed by atoms with van der Waals surface area (Å²) in [6.45, 7) is 23.0. The fourth-order valence-electron chi connectivity index (χ4n) is 4.58. The van der Waals surface area contributed by atoms with Crippen LogP contribution in [0.3, 0.4) is 0 Å². The first-order valence-electron chi connectivity index (χ1n) is 12.8. The van der Waals surface area contributed by atoms with Gasteiger partial charge in [-0.25, -0.2) is 4.21 Å². The molecule has 0 N–H and O–H groups in total. The summed E-state index contributed by atoms with van der Waals surface area (Å²) in [6.07, 6.45) is 7.16. The van der Waals surface area contributed by atoms with Crippen molar-refractivity contribution >= 4 is 35.9 Å². The minimum absolute atomic E-state index is 0.105. The van der Waals surface area contributed by atoms with Gasteiger partial charge in [0.2, 0.25) is 0 Å². The van der Waals surface area contributed by atoms with Crippen molar-refractivity contribution < 1.29 is 8.63 Å². The van der Waals surface area contributed by atoms with Crippen LogP contribution in [0.5, 0.6) is 0 Å². The van der Waals surface area contributed by atoms with Crippen molar-refractivity contribution in [2.24, 2.45) is 16.2 Å². The Kier molecular flexibility index (Phi) is 10.8. The van der Waals surface area contributed by atoms with Gasteiger partial charge in [0, 0.05) is 12.1 Å². The molecule has 36 heavy (non-hydrogen) atoms. The third-order valence-corrected chi connectivity index (χ3v) is 13.1. The lowest BCUT2D eigenvalue weighted by Crippen LogP contribution is -2.67. The molecule has 0 fully saturated rings. The quantitative estimate of drug-likeness (QED) is 0.173. The Bertz CT molecular complexity index is 983. The van der Waals surface area contributed by atoms with Crippen LogP contribution in [0.2, 0.25) is 5.04 Å². The molecule has 0 radical (unpaired) electrons. The molecule has 0 aliphatic carbocycles. The van der Waals surface area contributed by atoms with Gasteiger partial charge in [-0.2, -0.15) is 4.40 Å². The molecule has 2 aromatic carbocycles. The second-order valence-corrected chi connectivity index (χ2v) is 17.8. The van der Waals surface area contributed by atoms with Gasteiger partial charge in [0.15, 0.2) is 0 Å². The third-order valence-electron chi connectivity index (χ3n) is 6.65. The Labute approximate surface area is 223 Å². The van der Waals surface area contributed by atoms with Crippen LogP contribution in [-0.4, -0.2) is 29.6 Å². The molecule has 2 rings (SSSR count). The van der Waals surface area contributed by atoms with E-state index < -0.39 is 19.3 Å². The van der Waals surface area contributed by atoms with E-state index in [4.69, 9.17) is 4.43 Å². The van der Waals surface area contributed by atoms with E-state index in [0.717, 1.165) is 12.8 Å². The second kappa shape index (κ2) is 12.9. The molecule has 0 aromatic heterocycles. The van der Waals surface area contributed by atoms with Crippen molar-refractivity contribution in [2.45, 2.75) is 77.2 Å². The van der Waals surface area contributed by atoms with Gasteiger partial charge in [0.25, 0.3) is 8.32 Å². The zero-order valence-electron chi connectivity index (χ0n) is 23.2. The molecular weight excluding hydrogens is 478 g/mol. The molecule has 0 amide bonds. The average molecular weight is 524 g/mol. The molecule has 0 saturated carbocycles. The van der Waals surface area contributed by atoms with Crippen molar-refractivity contribution in [1.82, 2.24) is 0 Å². The van der Waals surface area contributed by atoms with Crippen LogP contribution in [0, 0.1) is 11.8 Å². The number of nitrogens with zero attached hydrogens (tertiary/aromatic N) is 1. The highest BCUT2D eigenvalue weighted by molar-refractivity contribution is 7.85. The fourth-order valence-corrected chi connectivity index (χ4v) is 9.82.